The van der Waals surface area contributed by atoms with E-state index in [4.69, 9.17) is 0 Å². The number of rotatable bonds is 0. The van der Waals surface area contributed by atoms with E-state index in [0.29, 0.717) is 6.54 Å². The van der Waals surface area contributed by atoms with Gasteiger partial charge in [-0.2, -0.15) is 0 Å². The molecule has 2 atom stereocenters. The second-order valence-electron chi connectivity index (χ2n) is 2.97. The molecule has 2 bridgehead atoms. The molecule has 1 heterocycles. The van der Waals surface area contributed by atoms with Gasteiger partial charge >= 0.3 is 0 Å². The Hall–Kier alpha value is -0.860. The zero-order chi connectivity index (χ0) is 7.14. The van der Waals surface area contributed by atoms with E-state index in [1.165, 1.54) is 0 Å². The lowest BCUT2D eigenvalue weighted by molar-refractivity contribution is -0.136. The number of nitrogens with one attached hydrogen (secondary N) is 1. The molecule has 2 aliphatic rings. The van der Waals surface area contributed by atoms with Gasteiger partial charge in [0, 0.05) is 12.5 Å². The topological polar surface area (TPSA) is 46.2 Å². The number of Topliss-reactive ketones (excluding diaryl/α,β-unsaturated/α-hetero) is 1. The van der Waals surface area contributed by atoms with Crippen molar-refractivity contribution in [1.29, 1.82) is 0 Å². The van der Waals surface area contributed by atoms with E-state index >= 15 is 0 Å². The van der Waals surface area contributed by atoms with Gasteiger partial charge in [-0.1, -0.05) is 0 Å². The molecular formula is C7H9NO2. The van der Waals surface area contributed by atoms with Crippen molar-refractivity contribution in [3.63, 3.8) is 0 Å². The van der Waals surface area contributed by atoms with Crippen molar-refractivity contribution in [1.82, 2.24) is 5.32 Å². The Morgan fingerprint density at radius 1 is 1.30 bits per heavy atom. The summed E-state index contributed by atoms with van der Waals surface area (Å²) in [5, 5.41) is 2.71. The van der Waals surface area contributed by atoms with Crippen LogP contribution in [0.1, 0.15) is 12.8 Å². The van der Waals surface area contributed by atoms with Crippen molar-refractivity contribution in [2.75, 3.05) is 6.54 Å². The molecule has 3 heteroatoms. The van der Waals surface area contributed by atoms with E-state index in [-0.39, 0.29) is 23.5 Å². The first-order chi connectivity index (χ1) is 4.79. The molecule has 1 aliphatic heterocycles. The molecule has 1 saturated carbocycles. The highest BCUT2D eigenvalue weighted by Crippen LogP contribution is 2.29. The van der Waals surface area contributed by atoms with Crippen LogP contribution in [0.2, 0.25) is 0 Å². The number of carbonyl (C=O) groups is 2. The van der Waals surface area contributed by atoms with Gasteiger partial charge in [0.25, 0.3) is 0 Å². The largest absolute Gasteiger partial charge is 0.355 e. The molecule has 1 aliphatic carbocycles. The number of ketones is 1. The summed E-state index contributed by atoms with van der Waals surface area (Å²) in [5.74, 6) is -0.0380. The van der Waals surface area contributed by atoms with Crippen LogP contribution >= 0.6 is 0 Å². The summed E-state index contributed by atoms with van der Waals surface area (Å²) in [7, 11) is 0. The lowest BCUT2D eigenvalue weighted by Gasteiger charge is -2.17. The van der Waals surface area contributed by atoms with Crippen LogP contribution in [0, 0.1) is 11.8 Å². The minimum Gasteiger partial charge on any atom is -0.355 e. The number of hydrogen-bond acceptors (Lipinski definition) is 2. The highest BCUT2D eigenvalue weighted by atomic mass is 16.2. The average molecular weight is 139 g/mol. The Bertz CT molecular complexity index is 200. The number of fused-ring (bicyclic) bond motifs is 2. The van der Waals surface area contributed by atoms with Crippen molar-refractivity contribution in [2.45, 2.75) is 12.8 Å². The van der Waals surface area contributed by atoms with Gasteiger partial charge < -0.3 is 5.32 Å². The van der Waals surface area contributed by atoms with E-state index in [0.717, 1.165) is 12.8 Å². The Kier molecular flexibility index (Phi) is 1.07. The lowest BCUT2D eigenvalue weighted by atomic mass is 9.98. The van der Waals surface area contributed by atoms with Gasteiger partial charge in [0.2, 0.25) is 5.91 Å². The predicted molar refractivity (Wildman–Crippen MR) is 34.2 cm³/mol. The van der Waals surface area contributed by atoms with Crippen LogP contribution in [0.3, 0.4) is 0 Å². The molecule has 0 aromatic carbocycles. The summed E-state index contributed by atoms with van der Waals surface area (Å²) in [6.07, 6.45) is 1.68. The molecule has 1 amide bonds. The van der Waals surface area contributed by atoms with Crippen LogP contribution in [0.4, 0.5) is 0 Å². The van der Waals surface area contributed by atoms with Crippen LogP contribution in [0.5, 0.6) is 0 Å². The van der Waals surface area contributed by atoms with Gasteiger partial charge in [0.05, 0.1) is 5.92 Å². The summed E-state index contributed by atoms with van der Waals surface area (Å²) in [6.45, 7) is 0.578. The van der Waals surface area contributed by atoms with E-state index in [1.807, 2.05) is 0 Å². The monoisotopic (exact) mass is 139 g/mol. The maximum Gasteiger partial charge on any atom is 0.230 e. The van der Waals surface area contributed by atoms with Crippen molar-refractivity contribution < 1.29 is 9.59 Å². The Morgan fingerprint density at radius 2 is 2.10 bits per heavy atom. The Morgan fingerprint density at radius 3 is 2.80 bits per heavy atom. The molecule has 1 saturated heterocycles. The molecule has 2 unspecified atom stereocenters. The van der Waals surface area contributed by atoms with Gasteiger partial charge in [0.15, 0.2) is 0 Å². The van der Waals surface area contributed by atoms with E-state index in [2.05, 4.69) is 5.32 Å². The smallest absolute Gasteiger partial charge is 0.230 e. The van der Waals surface area contributed by atoms with Crippen LogP contribution in [0.15, 0.2) is 0 Å². The molecule has 10 heavy (non-hydrogen) atoms. The van der Waals surface area contributed by atoms with Crippen LogP contribution in [0.25, 0.3) is 0 Å². The molecular weight excluding hydrogens is 130 g/mol. The van der Waals surface area contributed by atoms with Gasteiger partial charge in [0.1, 0.15) is 5.78 Å². The first kappa shape index (κ1) is 5.89. The third kappa shape index (κ3) is 0.602. The van der Waals surface area contributed by atoms with Crippen molar-refractivity contribution in [2.24, 2.45) is 11.8 Å². The fourth-order valence-electron chi connectivity index (χ4n) is 1.75. The minimum absolute atomic E-state index is 0.0567. The van der Waals surface area contributed by atoms with E-state index in [1.54, 1.807) is 0 Å². The predicted octanol–water partition coefficient (Wildman–Crippen LogP) is -0.289. The fourth-order valence-corrected chi connectivity index (χ4v) is 1.75. The van der Waals surface area contributed by atoms with Crippen molar-refractivity contribution >= 4 is 11.7 Å². The minimum atomic E-state index is -0.293. The maximum absolute atomic E-state index is 11.1. The van der Waals surface area contributed by atoms with E-state index in [9.17, 15) is 9.59 Å². The average Bonchev–Trinajstić information content (AvgIpc) is 2.13. The summed E-state index contributed by atoms with van der Waals surface area (Å²) in [5.41, 5.74) is 0. The quantitative estimate of drug-likeness (QED) is 0.469. The normalized spacial score (nSPS) is 38.0. The zero-order valence-electron chi connectivity index (χ0n) is 5.59. The van der Waals surface area contributed by atoms with Crippen LogP contribution in [-0.4, -0.2) is 18.2 Å². The molecule has 0 aromatic heterocycles. The summed E-state index contributed by atoms with van der Waals surface area (Å²) < 4.78 is 0. The molecule has 0 aromatic rings. The Balaban J connectivity index is 2.28. The first-order valence-electron chi connectivity index (χ1n) is 3.60. The highest BCUT2D eigenvalue weighted by Gasteiger charge is 2.42. The number of hydrogen-bond donors (Lipinski definition) is 1. The SMILES string of the molecule is O=C1NCC2CCC1C2=O. The Labute approximate surface area is 58.8 Å². The first-order valence-corrected chi connectivity index (χ1v) is 3.60. The molecule has 2 rings (SSSR count). The number of amides is 1. The van der Waals surface area contributed by atoms with Crippen molar-refractivity contribution in [3.8, 4) is 0 Å². The second-order valence-corrected chi connectivity index (χ2v) is 2.97. The standard InChI is InChI=1S/C7H9NO2/c9-6-4-1-2-5(6)7(10)8-3-4/h4-5H,1-3H2,(H,8,10). The van der Waals surface area contributed by atoms with Gasteiger partial charge in [-0.15, -0.1) is 0 Å². The maximum atomic E-state index is 11.1. The zero-order valence-corrected chi connectivity index (χ0v) is 5.59. The molecule has 0 spiro atoms. The number of carbonyl (C=O) groups excluding carboxylic acids is 2. The fraction of sp³-hybridized carbons (Fsp3) is 0.714. The van der Waals surface area contributed by atoms with Gasteiger partial charge in [-0.05, 0) is 12.8 Å². The third-order valence-corrected chi connectivity index (χ3v) is 2.39. The summed E-state index contributed by atoms with van der Waals surface area (Å²) in [4.78, 5) is 22.1. The second kappa shape index (κ2) is 1.81. The van der Waals surface area contributed by atoms with Gasteiger partial charge in [-0.25, -0.2) is 0 Å². The van der Waals surface area contributed by atoms with E-state index < -0.39 is 0 Å². The number of piperidine rings is 1. The third-order valence-electron chi connectivity index (χ3n) is 2.39. The molecule has 0 radical (unpaired) electrons. The lowest BCUT2D eigenvalue weighted by Crippen LogP contribution is -2.43. The molecule has 54 valence electrons. The van der Waals surface area contributed by atoms with Crippen LogP contribution < -0.4 is 5.32 Å². The molecule has 2 fully saturated rings. The summed E-state index contributed by atoms with van der Waals surface area (Å²) >= 11 is 0. The van der Waals surface area contributed by atoms with Crippen molar-refractivity contribution in [3.05, 3.63) is 0 Å². The van der Waals surface area contributed by atoms with Crippen LogP contribution in [-0.2, 0) is 9.59 Å². The molecule has 1 N–H and O–H groups in total. The van der Waals surface area contributed by atoms with Gasteiger partial charge in [-0.3, -0.25) is 9.59 Å². The molecule has 3 nitrogen and oxygen atoms in total. The summed E-state index contributed by atoms with van der Waals surface area (Å²) in [6, 6.07) is 0. The highest BCUT2D eigenvalue weighted by molar-refractivity contribution is 6.06.